The summed E-state index contributed by atoms with van der Waals surface area (Å²) in [4.78, 5) is 39.2. The molecule has 0 aliphatic rings. The quantitative estimate of drug-likeness (QED) is 0.440. The van der Waals surface area contributed by atoms with Crippen LogP contribution in [0.1, 0.15) is 38.8 Å². The molecular formula is C25H32N2O6. The van der Waals surface area contributed by atoms with E-state index < -0.39 is 29.7 Å². The molecule has 2 aromatic carbocycles. The normalized spacial score (nSPS) is 12.0. The predicted octanol–water partition coefficient (Wildman–Crippen LogP) is 3.42. The number of esters is 2. The van der Waals surface area contributed by atoms with Gasteiger partial charge in [0, 0.05) is 19.5 Å². The van der Waals surface area contributed by atoms with Crippen LogP contribution in [0.15, 0.2) is 54.6 Å². The second kappa shape index (κ2) is 12.0. The molecule has 2 aromatic rings. The Morgan fingerprint density at radius 2 is 1.64 bits per heavy atom. The van der Waals surface area contributed by atoms with Crippen molar-refractivity contribution in [3.8, 4) is 5.75 Å². The van der Waals surface area contributed by atoms with Gasteiger partial charge in [-0.3, -0.25) is 9.69 Å². The Kier molecular flexibility index (Phi) is 9.42. The van der Waals surface area contributed by atoms with E-state index in [2.05, 4.69) is 5.32 Å². The fraction of sp³-hybridized carbons (Fsp3) is 0.400. The minimum atomic E-state index is -1.08. The monoisotopic (exact) mass is 456 g/mol. The molecule has 0 fully saturated rings. The van der Waals surface area contributed by atoms with Gasteiger partial charge in [0.05, 0.1) is 6.54 Å². The van der Waals surface area contributed by atoms with E-state index in [1.807, 2.05) is 30.3 Å². The molecule has 0 spiro atoms. The lowest BCUT2D eigenvalue weighted by atomic mass is 10.0. The number of phenolic OH excluding ortho intramolecular Hbond substituents is 1. The van der Waals surface area contributed by atoms with Gasteiger partial charge in [-0.05, 0) is 51.0 Å². The lowest BCUT2D eigenvalue weighted by Crippen LogP contribution is -2.49. The van der Waals surface area contributed by atoms with Crippen LogP contribution in [0.5, 0.6) is 5.75 Å². The molecule has 2 N–H and O–H groups in total. The third-order valence-corrected chi connectivity index (χ3v) is 4.64. The van der Waals surface area contributed by atoms with Crippen LogP contribution in [0.25, 0.3) is 0 Å². The Morgan fingerprint density at radius 3 is 2.21 bits per heavy atom. The highest BCUT2D eigenvalue weighted by Gasteiger charge is 2.34. The molecule has 1 unspecified atom stereocenters. The van der Waals surface area contributed by atoms with Gasteiger partial charge in [-0.25, -0.2) is 9.59 Å². The smallest absolute Gasteiger partial charge is 0.411 e. The Morgan fingerprint density at radius 1 is 1.00 bits per heavy atom. The fourth-order valence-corrected chi connectivity index (χ4v) is 3.09. The van der Waals surface area contributed by atoms with Crippen LogP contribution in [0.3, 0.4) is 0 Å². The molecule has 0 saturated heterocycles. The molecule has 1 atom stereocenters. The first-order valence-electron chi connectivity index (χ1n) is 10.9. The summed E-state index contributed by atoms with van der Waals surface area (Å²) in [6.07, 6.45) is -0.586. The number of carbonyl (C=O) groups excluding carboxylic acids is 3. The Bertz CT molecular complexity index is 922. The van der Waals surface area contributed by atoms with Crippen molar-refractivity contribution in [3.63, 3.8) is 0 Å². The van der Waals surface area contributed by atoms with E-state index in [-0.39, 0.29) is 25.3 Å². The minimum absolute atomic E-state index is 0.0806. The molecule has 0 aromatic heterocycles. The van der Waals surface area contributed by atoms with Gasteiger partial charge < -0.3 is 19.9 Å². The van der Waals surface area contributed by atoms with Crippen molar-refractivity contribution in [1.29, 1.82) is 0 Å². The summed E-state index contributed by atoms with van der Waals surface area (Å²) in [6, 6.07) is 14.7. The number of phenols is 1. The zero-order valence-corrected chi connectivity index (χ0v) is 19.5. The van der Waals surface area contributed by atoms with Gasteiger partial charge in [-0.2, -0.15) is 0 Å². The fourth-order valence-electron chi connectivity index (χ4n) is 3.09. The molecule has 0 heterocycles. The predicted molar refractivity (Wildman–Crippen MR) is 123 cm³/mol. The highest BCUT2D eigenvalue weighted by atomic mass is 16.6. The zero-order valence-electron chi connectivity index (χ0n) is 19.5. The van der Waals surface area contributed by atoms with E-state index in [0.717, 1.165) is 5.56 Å². The number of likely N-dealkylation sites (N-methyl/N-ethyl adjacent to an activating group) is 1. The van der Waals surface area contributed by atoms with Crippen molar-refractivity contribution in [2.24, 2.45) is 0 Å². The number of nitrogens with zero attached hydrogens (tertiary/aromatic N) is 1. The maximum atomic E-state index is 13.0. The van der Waals surface area contributed by atoms with Gasteiger partial charge in [0.1, 0.15) is 17.4 Å². The molecule has 1 amide bonds. The van der Waals surface area contributed by atoms with Crippen LogP contribution in [-0.4, -0.2) is 52.8 Å². The van der Waals surface area contributed by atoms with Crippen molar-refractivity contribution in [3.05, 3.63) is 65.7 Å². The molecule has 33 heavy (non-hydrogen) atoms. The van der Waals surface area contributed by atoms with Gasteiger partial charge in [0.25, 0.3) is 0 Å². The average Bonchev–Trinajstić information content (AvgIpc) is 2.74. The number of hydrogen-bond acceptors (Lipinski definition) is 7. The van der Waals surface area contributed by atoms with Crippen LogP contribution in [-0.2, 0) is 32.0 Å². The maximum absolute atomic E-state index is 13.0. The molecule has 0 bridgehead atoms. The largest absolute Gasteiger partial charge is 0.508 e. The van der Waals surface area contributed by atoms with E-state index >= 15 is 0 Å². The van der Waals surface area contributed by atoms with Crippen molar-refractivity contribution in [2.45, 2.75) is 52.3 Å². The van der Waals surface area contributed by atoms with Gasteiger partial charge in [0.15, 0.2) is 0 Å². The third kappa shape index (κ3) is 8.94. The van der Waals surface area contributed by atoms with Crippen LogP contribution in [0.2, 0.25) is 0 Å². The van der Waals surface area contributed by atoms with Gasteiger partial charge >= 0.3 is 18.0 Å². The molecule has 0 saturated carbocycles. The highest BCUT2D eigenvalue weighted by Crippen LogP contribution is 2.18. The molecule has 2 rings (SSSR count). The number of carbonyl (C=O) groups is 3. The minimum Gasteiger partial charge on any atom is -0.508 e. The van der Waals surface area contributed by atoms with Gasteiger partial charge in [-0.15, -0.1) is 0 Å². The first-order valence-corrected chi connectivity index (χ1v) is 10.9. The van der Waals surface area contributed by atoms with E-state index in [4.69, 9.17) is 9.47 Å². The van der Waals surface area contributed by atoms with Crippen LogP contribution in [0.4, 0.5) is 4.79 Å². The number of benzene rings is 2. The number of aromatic hydroxyl groups is 1. The standard InChI is InChI=1S/C25H32N2O6/c1-5-27(24(31)33-25(2,3)4)21(15-18-11-13-20(28)14-12-18)23(30)32-22(29)17-26-16-19-9-7-6-8-10-19/h6-14,21,26,28H,5,15-17H2,1-4H3. The lowest BCUT2D eigenvalue weighted by molar-refractivity contribution is -0.162. The van der Waals surface area contributed by atoms with Crippen molar-refractivity contribution in [2.75, 3.05) is 13.1 Å². The van der Waals surface area contributed by atoms with Crippen LogP contribution >= 0.6 is 0 Å². The molecule has 0 radical (unpaired) electrons. The summed E-state index contributed by atoms with van der Waals surface area (Å²) < 4.78 is 10.5. The summed E-state index contributed by atoms with van der Waals surface area (Å²) in [6.45, 7) is 7.36. The molecule has 8 heteroatoms. The third-order valence-electron chi connectivity index (χ3n) is 4.64. The second-order valence-electron chi connectivity index (χ2n) is 8.53. The maximum Gasteiger partial charge on any atom is 0.411 e. The molecule has 8 nitrogen and oxygen atoms in total. The van der Waals surface area contributed by atoms with Crippen molar-refractivity contribution < 1.29 is 29.0 Å². The van der Waals surface area contributed by atoms with Crippen LogP contribution < -0.4 is 5.32 Å². The summed E-state index contributed by atoms with van der Waals surface area (Å²) in [5.41, 5.74) is 0.921. The summed E-state index contributed by atoms with van der Waals surface area (Å²) >= 11 is 0. The van der Waals surface area contributed by atoms with Gasteiger partial charge in [-0.1, -0.05) is 42.5 Å². The molecule has 178 valence electrons. The number of amides is 1. The first kappa shape index (κ1) is 25.9. The Balaban J connectivity index is 2.09. The van der Waals surface area contributed by atoms with Crippen molar-refractivity contribution in [1.82, 2.24) is 10.2 Å². The Hall–Kier alpha value is -3.39. The summed E-state index contributed by atoms with van der Waals surface area (Å²) in [7, 11) is 0. The summed E-state index contributed by atoms with van der Waals surface area (Å²) in [5, 5.41) is 12.5. The van der Waals surface area contributed by atoms with E-state index in [1.54, 1.807) is 39.8 Å². The first-order chi connectivity index (χ1) is 15.6. The zero-order chi connectivity index (χ0) is 24.4. The number of rotatable bonds is 9. The lowest BCUT2D eigenvalue weighted by Gasteiger charge is -2.31. The van der Waals surface area contributed by atoms with E-state index in [1.165, 1.54) is 17.0 Å². The van der Waals surface area contributed by atoms with Gasteiger partial charge in [0.2, 0.25) is 0 Å². The second-order valence-corrected chi connectivity index (χ2v) is 8.53. The van der Waals surface area contributed by atoms with E-state index in [0.29, 0.717) is 12.1 Å². The Labute approximate surface area is 194 Å². The van der Waals surface area contributed by atoms with Crippen molar-refractivity contribution >= 4 is 18.0 Å². The number of ether oxygens (including phenoxy) is 2. The average molecular weight is 457 g/mol. The molecule has 0 aliphatic carbocycles. The van der Waals surface area contributed by atoms with Crippen LogP contribution in [0, 0.1) is 0 Å². The van der Waals surface area contributed by atoms with E-state index in [9.17, 15) is 19.5 Å². The topological polar surface area (TPSA) is 105 Å². The number of nitrogens with one attached hydrogen (secondary N) is 1. The summed E-state index contributed by atoms with van der Waals surface area (Å²) in [5.74, 6) is -1.51. The molecule has 0 aliphatic heterocycles. The number of hydrogen-bond donors (Lipinski definition) is 2. The highest BCUT2D eigenvalue weighted by molar-refractivity contribution is 5.91. The SMILES string of the molecule is CCN(C(=O)OC(C)(C)C)C(Cc1ccc(O)cc1)C(=O)OC(=O)CNCc1ccccc1. The molecular weight excluding hydrogens is 424 g/mol.